The second-order valence-electron chi connectivity index (χ2n) is 5.33. The molecule has 0 bridgehead atoms. The maximum Gasteiger partial charge on any atom is 0.231 e. The zero-order chi connectivity index (χ0) is 15.0. The number of carbonyl (C=O) groups is 1. The quantitative estimate of drug-likeness (QED) is 0.739. The fourth-order valence-electron chi connectivity index (χ4n) is 2.94. The maximum absolute atomic E-state index is 11.8. The third kappa shape index (κ3) is 2.92. The van der Waals surface area contributed by atoms with Crippen LogP contribution in [0.15, 0.2) is 22.7 Å². The minimum Gasteiger partial charge on any atom is -0.496 e. The van der Waals surface area contributed by atoms with Crippen molar-refractivity contribution >= 4 is 33.6 Å². The summed E-state index contributed by atoms with van der Waals surface area (Å²) in [6, 6.07) is 6.43. The number of halogens is 1. The van der Waals surface area contributed by atoms with Crippen molar-refractivity contribution in [3.8, 4) is 5.75 Å². The van der Waals surface area contributed by atoms with Crippen LogP contribution in [-0.2, 0) is 4.79 Å². The van der Waals surface area contributed by atoms with Gasteiger partial charge in [-0.05, 0) is 40.5 Å². The van der Waals surface area contributed by atoms with Crippen molar-refractivity contribution in [1.29, 1.82) is 0 Å². The van der Waals surface area contributed by atoms with E-state index in [0.717, 1.165) is 10.2 Å². The van der Waals surface area contributed by atoms with Crippen LogP contribution in [0.25, 0.3) is 0 Å². The van der Waals surface area contributed by atoms with Gasteiger partial charge in [0.1, 0.15) is 5.75 Å². The summed E-state index contributed by atoms with van der Waals surface area (Å²) < 4.78 is 6.23. The van der Waals surface area contributed by atoms with Gasteiger partial charge in [-0.3, -0.25) is 10.2 Å². The number of rotatable bonds is 2. The molecule has 0 spiro atoms. The van der Waals surface area contributed by atoms with Gasteiger partial charge in [0.05, 0.1) is 23.5 Å². The van der Waals surface area contributed by atoms with Gasteiger partial charge in [0.15, 0.2) is 0 Å². The van der Waals surface area contributed by atoms with E-state index >= 15 is 0 Å². The monoisotopic (exact) mass is 371 g/mol. The van der Waals surface area contributed by atoms with Crippen molar-refractivity contribution in [2.24, 2.45) is 5.92 Å². The lowest BCUT2D eigenvalue weighted by atomic mass is 9.91. The molecule has 0 radical (unpaired) electrons. The van der Waals surface area contributed by atoms with Gasteiger partial charge < -0.3 is 10.1 Å². The van der Waals surface area contributed by atoms with Crippen LogP contribution in [0.2, 0.25) is 0 Å². The summed E-state index contributed by atoms with van der Waals surface area (Å²) in [5.74, 6) is 1.67. The summed E-state index contributed by atoms with van der Waals surface area (Å²) in [5, 5.41) is 3.28. The number of carbonyl (C=O) groups excluding carboxylic acids is 1. The molecule has 0 saturated carbocycles. The van der Waals surface area contributed by atoms with E-state index in [0.29, 0.717) is 11.7 Å². The first-order valence-corrected chi connectivity index (χ1v) is 8.70. The third-order valence-corrected chi connectivity index (χ3v) is 5.99. The second-order valence-corrected chi connectivity index (χ2v) is 7.31. The number of hydrogen-bond acceptors (Lipinski definition) is 5. The summed E-state index contributed by atoms with van der Waals surface area (Å²) in [5.41, 5.74) is 7.62. The van der Waals surface area contributed by atoms with E-state index in [1.165, 1.54) is 5.56 Å². The van der Waals surface area contributed by atoms with E-state index in [2.05, 4.69) is 51.2 Å². The summed E-state index contributed by atoms with van der Waals surface area (Å²) in [4.78, 5) is 11.8. The van der Waals surface area contributed by atoms with E-state index in [1.807, 2.05) is 6.07 Å². The van der Waals surface area contributed by atoms with Crippen LogP contribution in [0.3, 0.4) is 0 Å². The number of methoxy groups -OCH3 is 1. The fraction of sp³-hybridized carbons (Fsp3) is 0.500. The van der Waals surface area contributed by atoms with Crippen molar-refractivity contribution < 1.29 is 9.53 Å². The van der Waals surface area contributed by atoms with Crippen molar-refractivity contribution in [1.82, 2.24) is 16.2 Å². The Kier molecular flexibility index (Phi) is 4.44. The van der Waals surface area contributed by atoms with Crippen LogP contribution < -0.4 is 20.9 Å². The molecule has 0 aromatic heterocycles. The lowest BCUT2D eigenvalue weighted by Crippen LogP contribution is -2.46. The van der Waals surface area contributed by atoms with Crippen molar-refractivity contribution in [2.75, 3.05) is 12.9 Å². The molecule has 2 fully saturated rings. The summed E-state index contributed by atoms with van der Waals surface area (Å²) in [6.07, 6.45) is -0.0339. The van der Waals surface area contributed by atoms with Gasteiger partial charge >= 0.3 is 0 Å². The standard InChI is InChI=1S/C14H18BrN3O2S/c1-7-12-13(8-3-4-10(20-2)9(15)5-8)21-6-11(19)16-14(12)18-17-7/h3-5,7,12-14,17-18H,6H2,1-2H3,(H,16,19). The van der Waals surface area contributed by atoms with Gasteiger partial charge in [-0.2, -0.15) is 0 Å². The minimum atomic E-state index is -0.0339. The Hall–Kier alpha value is -0.760. The predicted octanol–water partition coefficient (Wildman–Crippen LogP) is 1.80. The van der Waals surface area contributed by atoms with Gasteiger partial charge in [-0.1, -0.05) is 6.07 Å². The lowest BCUT2D eigenvalue weighted by Gasteiger charge is -2.27. The molecule has 4 atom stereocenters. The van der Waals surface area contributed by atoms with E-state index in [-0.39, 0.29) is 23.4 Å². The van der Waals surface area contributed by atoms with Gasteiger partial charge in [-0.15, -0.1) is 11.8 Å². The van der Waals surface area contributed by atoms with Crippen LogP contribution in [-0.4, -0.2) is 31.0 Å². The molecular weight excluding hydrogens is 354 g/mol. The van der Waals surface area contributed by atoms with Crippen molar-refractivity contribution in [3.63, 3.8) is 0 Å². The number of amides is 1. The largest absolute Gasteiger partial charge is 0.496 e. The summed E-state index contributed by atoms with van der Waals surface area (Å²) >= 11 is 5.24. The van der Waals surface area contributed by atoms with Gasteiger partial charge in [-0.25, -0.2) is 5.43 Å². The fourth-order valence-corrected chi connectivity index (χ4v) is 4.87. The molecule has 2 aliphatic heterocycles. The zero-order valence-corrected chi connectivity index (χ0v) is 14.3. The van der Waals surface area contributed by atoms with Gasteiger partial charge in [0.2, 0.25) is 5.91 Å². The molecule has 3 N–H and O–H groups in total. The van der Waals surface area contributed by atoms with Crippen molar-refractivity contribution in [2.45, 2.75) is 24.4 Å². The molecule has 1 aromatic rings. The normalized spacial score (nSPS) is 32.2. The Labute approximate surface area is 136 Å². The Morgan fingerprint density at radius 2 is 2.19 bits per heavy atom. The molecular formula is C14H18BrN3O2S. The molecule has 1 amide bonds. The highest BCUT2D eigenvalue weighted by atomic mass is 79.9. The van der Waals surface area contributed by atoms with E-state index < -0.39 is 0 Å². The number of thioether (sulfide) groups is 1. The number of nitrogens with one attached hydrogen (secondary N) is 3. The molecule has 2 aliphatic rings. The van der Waals surface area contributed by atoms with Crippen LogP contribution in [0.1, 0.15) is 17.7 Å². The topological polar surface area (TPSA) is 62.4 Å². The highest BCUT2D eigenvalue weighted by Gasteiger charge is 2.42. The Morgan fingerprint density at radius 1 is 1.38 bits per heavy atom. The van der Waals surface area contributed by atoms with Crippen LogP contribution in [0.5, 0.6) is 5.75 Å². The van der Waals surface area contributed by atoms with Crippen LogP contribution >= 0.6 is 27.7 Å². The van der Waals surface area contributed by atoms with Gasteiger partial charge in [0.25, 0.3) is 0 Å². The Bertz CT molecular complexity index is 557. The molecule has 4 unspecified atom stereocenters. The number of benzene rings is 1. The van der Waals surface area contributed by atoms with E-state index in [4.69, 9.17) is 4.74 Å². The smallest absolute Gasteiger partial charge is 0.231 e. The molecule has 114 valence electrons. The number of hydrazine groups is 1. The first-order valence-electron chi connectivity index (χ1n) is 6.85. The Balaban J connectivity index is 1.94. The second kappa shape index (κ2) is 6.16. The predicted molar refractivity (Wildman–Crippen MR) is 87.0 cm³/mol. The zero-order valence-electron chi connectivity index (χ0n) is 11.9. The first kappa shape index (κ1) is 15.1. The van der Waals surface area contributed by atoms with Crippen LogP contribution in [0, 0.1) is 5.92 Å². The van der Waals surface area contributed by atoms with E-state index in [9.17, 15) is 4.79 Å². The minimum absolute atomic E-state index is 0.0339. The molecule has 7 heteroatoms. The summed E-state index contributed by atoms with van der Waals surface area (Å²) in [7, 11) is 1.66. The average molecular weight is 372 g/mol. The molecule has 1 aromatic carbocycles. The van der Waals surface area contributed by atoms with Gasteiger partial charge in [0, 0.05) is 17.2 Å². The Morgan fingerprint density at radius 3 is 2.90 bits per heavy atom. The molecule has 2 heterocycles. The molecule has 2 saturated heterocycles. The number of hydrogen-bond donors (Lipinski definition) is 3. The SMILES string of the molecule is COc1ccc(C2SCC(=O)NC3NNC(C)C32)cc1Br. The number of ether oxygens (including phenoxy) is 1. The number of fused-ring (bicyclic) bond motifs is 1. The molecule has 0 aliphatic carbocycles. The highest BCUT2D eigenvalue weighted by molar-refractivity contribution is 9.10. The molecule has 21 heavy (non-hydrogen) atoms. The lowest BCUT2D eigenvalue weighted by molar-refractivity contribution is -0.119. The summed E-state index contributed by atoms with van der Waals surface area (Å²) in [6.45, 7) is 2.14. The highest BCUT2D eigenvalue weighted by Crippen LogP contribution is 2.43. The molecule has 3 rings (SSSR count). The van der Waals surface area contributed by atoms with E-state index in [1.54, 1.807) is 18.9 Å². The average Bonchev–Trinajstić information content (AvgIpc) is 2.72. The van der Waals surface area contributed by atoms with Crippen molar-refractivity contribution in [3.05, 3.63) is 28.2 Å². The first-order chi connectivity index (χ1) is 10.1. The third-order valence-electron chi connectivity index (χ3n) is 3.99. The van der Waals surface area contributed by atoms with Crippen LogP contribution in [0.4, 0.5) is 0 Å². The molecule has 5 nitrogen and oxygen atoms in total. The maximum atomic E-state index is 11.8.